The molecule has 0 fully saturated rings. The maximum Gasteiger partial charge on any atom is 0.264 e. The Balaban J connectivity index is 1.61. The fourth-order valence-electron chi connectivity index (χ4n) is 4.87. The highest BCUT2D eigenvalue weighted by molar-refractivity contribution is 7.92. The molecule has 1 aromatic heterocycles. The number of carbonyl (C=O) groups is 1. The lowest BCUT2D eigenvalue weighted by atomic mass is 10.1. The van der Waals surface area contributed by atoms with Gasteiger partial charge in [-0.15, -0.1) is 0 Å². The highest BCUT2D eigenvalue weighted by atomic mass is 32.2. The molecule has 0 aliphatic rings. The smallest absolute Gasteiger partial charge is 0.264 e. The topological polar surface area (TPSA) is 93.0 Å². The van der Waals surface area contributed by atoms with Gasteiger partial charge in [-0.1, -0.05) is 29.8 Å². The number of rotatable bonds is 9. The molecule has 0 aliphatic carbocycles. The molecule has 9 heteroatoms. The number of hydrazone groups is 1. The third-order valence-corrected chi connectivity index (χ3v) is 8.60. The van der Waals surface area contributed by atoms with Crippen LogP contribution in [0.2, 0.25) is 0 Å². The van der Waals surface area contributed by atoms with Crippen molar-refractivity contribution in [2.45, 2.75) is 46.4 Å². The molecule has 0 unspecified atom stereocenters. The van der Waals surface area contributed by atoms with Crippen molar-refractivity contribution in [1.82, 2.24) is 9.99 Å². The second-order valence-corrected chi connectivity index (χ2v) is 12.2. The Morgan fingerprint density at radius 3 is 2.15 bits per heavy atom. The van der Waals surface area contributed by atoms with E-state index in [0.29, 0.717) is 5.75 Å². The van der Waals surface area contributed by atoms with Crippen LogP contribution in [0.25, 0.3) is 5.69 Å². The van der Waals surface area contributed by atoms with Crippen molar-refractivity contribution in [3.63, 3.8) is 0 Å². The first-order valence-electron chi connectivity index (χ1n) is 13.2. The Hall–Kier alpha value is -4.37. The summed E-state index contributed by atoms with van der Waals surface area (Å²) >= 11 is 0. The Labute approximate surface area is 242 Å². The summed E-state index contributed by atoms with van der Waals surface area (Å²) in [6.07, 6.45) is 1.57. The number of carbonyl (C=O) groups excluding carboxylic acids is 1. The molecule has 8 nitrogen and oxygen atoms in total. The molecule has 1 amide bonds. The largest absolute Gasteiger partial charge is 0.495 e. The van der Waals surface area contributed by atoms with Gasteiger partial charge in [-0.3, -0.25) is 9.10 Å². The zero-order valence-corrected chi connectivity index (χ0v) is 25.3. The van der Waals surface area contributed by atoms with Gasteiger partial charge >= 0.3 is 0 Å². The second-order valence-electron chi connectivity index (χ2n) is 10.3. The summed E-state index contributed by atoms with van der Waals surface area (Å²) in [5.41, 5.74) is 10.8. The standard InChI is InChI=1S/C32H36N4O4S/c1-21-8-11-29(12-9-21)41(38,39)35(30-17-22(2)10-13-31(30)40-7)20-32(37)34-33-19-27-18-25(5)36(26(27)6)28-15-23(3)14-24(4)16-28/h8-19H,20H2,1-7H3,(H,34,37)/b33-19-. The number of amides is 1. The summed E-state index contributed by atoms with van der Waals surface area (Å²) < 4.78 is 36.2. The third kappa shape index (κ3) is 6.52. The fraction of sp³-hybridized carbons (Fsp3) is 0.250. The lowest BCUT2D eigenvalue weighted by molar-refractivity contribution is -0.119. The van der Waals surface area contributed by atoms with E-state index < -0.39 is 22.5 Å². The van der Waals surface area contributed by atoms with Crippen molar-refractivity contribution in [1.29, 1.82) is 0 Å². The first-order valence-corrected chi connectivity index (χ1v) is 14.7. The first kappa shape index (κ1) is 29.6. The van der Waals surface area contributed by atoms with Crippen LogP contribution in [0, 0.1) is 41.5 Å². The molecule has 4 rings (SSSR count). The van der Waals surface area contributed by atoms with Crippen LogP contribution in [0.5, 0.6) is 5.75 Å². The SMILES string of the molecule is COc1ccc(C)cc1N(CC(=O)N/N=C\c1cc(C)n(-c2cc(C)cc(C)c2)c1C)S(=O)(=O)c1ccc(C)cc1. The van der Waals surface area contributed by atoms with Gasteiger partial charge in [0.2, 0.25) is 0 Å². The molecule has 1 heterocycles. The average Bonchev–Trinajstić information content (AvgIpc) is 3.19. The molecule has 0 bridgehead atoms. The molecular formula is C32H36N4O4S. The van der Waals surface area contributed by atoms with Crippen LogP contribution in [-0.2, 0) is 14.8 Å². The third-order valence-electron chi connectivity index (χ3n) is 6.83. The van der Waals surface area contributed by atoms with Gasteiger partial charge in [-0.2, -0.15) is 5.10 Å². The predicted octanol–water partition coefficient (Wildman–Crippen LogP) is 5.68. The molecule has 4 aromatic rings. The minimum Gasteiger partial charge on any atom is -0.495 e. The number of aromatic nitrogens is 1. The highest BCUT2D eigenvalue weighted by Crippen LogP contribution is 2.33. The van der Waals surface area contributed by atoms with Gasteiger partial charge in [-0.25, -0.2) is 13.8 Å². The molecule has 1 N–H and O–H groups in total. The number of methoxy groups -OCH3 is 1. The van der Waals surface area contributed by atoms with Crippen molar-refractivity contribution in [2.75, 3.05) is 18.0 Å². The Morgan fingerprint density at radius 2 is 1.51 bits per heavy atom. The van der Waals surface area contributed by atoms with E-state index in [1.54, 1.807) is 30.5 Å². The van der Waals surface area contributed by atoms with Gasteiger partial charge < -0.3 is 9.30 Å². The quantitative estimate of drug-likeness (QED) is 0.206. The first-order chi connectivity index (χ1) is 19.4. The number of sulfonamides is 1. The van der Waals surface area contributed by atoms with E-state index in [2.05, 4.69) is 47.1 Å². The zero-order valence-electron chi connectivity index (χ0n) is 24.5. The summed E-state index contributed by atoms with van der Waals surface area (Å²) in [6, 6.07) is 20.1. The average molecular weight is 573 g/mol. The molecule has 0 atom stereocenters. The van der Waals surface area contributed by atoms with Crippen molar-refractivity contribution in [3.8, 4) is 11.4 Å². The van der Waals surface area contributed by atoms with Gasteiger partial charge in [0.05, 0.1) is 23.9 Å². The molecule has 214 valence electrons. The fourth-order valence-corrected chi connectivity index (χ4v) is 6.29. The van der Waals surface area contributed by atoms with Gasteiger partial charge in [0.1, 0.15) is 12.3 Å². The van der Waals surface area contributed by atoms with E-state index in [1.165, 1.54) is 30.4 Å². The molecule has 3 aromatic carbocycles. The van der Waals surface area contributed by atoms with E-state index >= 15 is 0 Å². The normalized spacial score (nSPS) is 11.6. The Morgan fingerprint density at radius 1 is 0.878 bits per heavy atom. The minimum absolute atomic E-state index is 0.0711. The summed E-state index contributed by atoms with van der Waals surface area (Å²) in [4.78, 5) is 13.2. The van der Waals surface area contributed by atoms with Crippen LogP contribution < -0.4 is 14.5 Å². The Bertz CT molecular complexity index is 1700. The van der Waals surface area contributed by atoms with Gasteiger partial charge in [0.25, 0.3) is 15.9 Å². The summed E-state index contributed by atoms with van der Waals surface area (Å²) in [5.74, 6) is -0.259. The molecule has 0 saturated heterocycles. The maximum atomic E-state index is 13.8. The van der Waals surface area contributed by atoms with Crippen molar-refractivity contribution >= 4 is 27.8 Å². The molecule has 0 aliphatic heterocycles. The monoisotopic (exact) mass is 572 g/mol. The van der Waals surface area contributed by atoms with Crippen LogP contribution >= 0.6 is 0 Å². The number of nitrogens with one attached hydrogen (secondary N) is 1. The van der Waals surface area contributed by atoms with Gasteiger partial charge in [0.15, 0.2) is 0 Å². The number of anilines is 1. The maximum absolute atomic E-state index is 13.8. The Kier molecular flexibility index (Phi) is 8.68. The van der Waals surface area contributed by atoms with Crippen molar-refractivity contribution in [3.05, 3.63) is 106 Å². The number of hydrogen-bond donors (Lipinski definition) is 1. The van der Waals surface area contributed by atoms with Crippen molar-refractivity contribution in [2.24, 2.45) is 5.10 Å². The van der Waals surface area contributed by atoms with E-state index in [4.69, 9.17) is 4.74 Å². The lowest BCUT2D eigenvalue weighted by Gasteiger charge is -2.25. The van der Waals surface area contributed by atoms with Gasteiger partial charge in [0, 0.05) is 22.6 Å². The van der Waals surface area contributed by atoms with E-state index in [0.717, 1.165) is 38.1 Å². The van der Waals surface area contributed by atoms with E-state index in [9.17, 15) is 13.2 Å². The molecular weight excluding hydrogens is 536 g/mol. The van der Waals surface area contributed by atoms with Crippen LogP contribution in [0.3, 0.4) is 0 Å². The van der Waals surface area contributed by atoms with Gasteiger partial charge in [-0.05, 0) is 101 Å². The second kappa shape index (κ2) is 12.0. The van der Waals surface area contributed by atoms with Crippen LogP contribution in [0.15, 0.2) is 76.7 Å². The van der Waals surface area contributed by atoms with E-state index in [1.807, 2.05) is 39.8 Å². The number of nitrogens with zero attached hydrogens (tertiary/aromatic N) is 3. The summed E-state index contributed by atoms with van der Waals surface area (Å²) in [6.45, 7) is 11.4. The van der Waals surface area contributed by atoms with E-state index in [-0.39, 0.29) is 10.6 Å². The lowest BCUT2D eigenvalue weighted by Crippen LogP contribution is -2.39. The molecule has 0 radical (unpaired) electrons. The van der Waals surface area contributed by atoms with Crippen LogP contribution in [-0.4, -0.2) is 38.8 Å². The number of aryl methyl sites for hydroxylation is 5. The highest BCUT2D eigenvalue weighted by Gasteiger charge is 2.29. The van der Waals surface area contributed by atoms with Crippen molar-refractivity contribution < 1.29 is 17.9 Å². The molecule has 0 saturated carbocycles. The number of hydrogen-bond acceptors (Lipinski definition) is 5. The number of benzene rings is 3. The molecule has 0 spiro atoms. The molecule has 41 heavy (non-hydrogen) atoms. The van der Waals surface area contributed by atoms with Crippen LogP contribution in [0.1, 0.15) is 39.2 Å². The summed E-state index contributed by atoms with van der Waals surface area (Å²) in [7, 11) is -2.64. The predicted molar refractivity (Wildman–Crippen MR) is 164 cm³/mol. The zero-order chi connectivity index (χ0) is 29.9. The van der Waals surface area contributed by atoms with Crippen LogP contribution in [0.4, 0.5) is 5.69 Å². The summed E-state index contributed by atoms with van der Waals surface area (Å²) in [5, 5.41) is 4.17. The minimum atomic E-state index is -4.10. The number of ether oxygens (including phenoxy) is 1.